The van der Waals surface area contributed by atoms with Gasteiger partial charge < -0.3 is 4.74 Å². The maximum absolute atomic E-state index is 11.0. The van der Waals surface area contributed by atoms with Gasteiger partial charge >= 0.3 is 16.4 Å². The van der Waals surface area contributed by atoms with Gasteiger partial charge in [0, 0.05) is 18.5 Å². The fraction of sp³-hybridized carbons (Fsp3) is 0.286. The van der Waals surface area contributed by atoms with Crippen LogP contribution in [0.25, 0.3) is 0 Å². The van der Waals surface area contributed by atoms with Crippen LogP contribution < -0.4 is 4.74 Å². The van der Waals surface area contributed by atoms with Crippen LogP contribution in [0.2, 0.25) is 0 Å². The van der Waals surface area contributed by atoms with Crippen LogP contribution in [-0.4, -0.2) is 33.6 Å². The fourth-order valence-corrected chi connectivity index (χ4v) is 1.97. The van der Waals surface area contributed by atoms with Crippen molar-refractivity contribution in [2.24, 2.45) is 10.2 Å². The molecule has 2 rings (SSSR count). The molecule has 1 aromatic heterocycles. The van der Waals surface area contributed by atoms with Gasteiger partial charge in [0.1, 0.15) is 5.69 Å². The number of ether oxygens (including phenoxy) is 1. The van der Waals surface area contributed by atoms with Crippen molar-refractivity contribution in [1.29, 1.82) is 0 Å². The van der Waals surface area contributed by atoms with Crippen LogP contribution in [0.15, 0.2) is 40.0 Å². The standard InChI is InChI=1S/C12H11N3O2S.C2H6O4S/c1-8-3-4-11(17-9(2)16)10(7-8)14-15-12-13-5-6-18-12;1-5-7(3,4)6-2/h3-7H,1-2H3;1-2H3. The Hall–Kier alpha value is -2.21. The van der Waals surface area contributed by atoms with Crippen molar-refractivity contribution < 1.29 is 26.3 Å². The maximum Gasteiger partial charge on any atom is 0.399 e. The number of aryl methyl sites for hydroxylation is 1. The number of hydrogen-bond donors (Lipinski definition) is 0. The van der Waals surface area contributed by atoms with Crippen LogP contribution in [0.5, 0.6) is 5.75 Å². The highest BCUT2D eigenvalue weighted by atomic mass is 32.3. The molecule has 0 saturated carbocycles. The summed E-state index contributed by atoms with van der Waals surface area (Å²) in [6.45, 7) is 3.28. The molecule has 1 heterocycles. The van der Waals surface area contributed by atoms with Crippen molar-refractivity contribution in [2.75, 3.05) is 14.2 Å². The normalized spacial score (nSPS) is 11.0. The first-order valence-corrected chi connectivity index (χ1v) is 8.95. The summed E-state index contributed by atoms with van der Waals surface area (Å²) in [5, 5.41) is 10.4. The Labute approximate surface area is 149 Å². The van der Waals surface area contributed by atoms with Gasteiger partial charge in [0.15, 0.2) is 5.75 Å². The van der Waals surface area contributed by atoms with Crippen LogP contribution in [0.3, 0.4) is 0 Å². The molecule has 0 unspecified atom stereocenters. The van der Waals surface area contributed by atoms with E-state index in [0.717, 1.165) is 19.8 Å². The average molecular weight is 387 g/mol. The molecule has 0 radical (unpaired) electrons. The zero-order valence-electron chi connectivity index (χ0n) is 14.0. The molecule has 9 nitrogen and oxygen atoms in total. The SMILES string of the molecule is CC(=O)Oc1ccc(C)cc1N=Nc1nccs1.COS(=O)(=O)OC. The first kappa shape index (κ1) is 20.8. The molecule has 0 N–H and O–H groups in total. The molecular weight excluding hydrogens is 370 g/mol. The second kappa shape index (κ2) is 9.93. The van der Waals surface area contributed by atoms with Crippen molar-refractivity contribution in [3.63, 3.8) is 0 Å². The molecule has 0 amide bonds. The monoisotopic (exact) mass is 387 g/mol. The average Bonchev–Trinajstić information content (AvgIpc) is 3.09. The molecule has 0 aliphatic rings. The van der Waals surface area contributed by atoms with Crippen molar-refractivity contribution in [1.82, 2.24) is 4.98 Å². The zero-order valence-corrected chi connectivity index (χ0v) is 15.6. The van der Waals surface area contributed by atoms with E-state index in [1.165, 1.54) is 18.3 Å². The molecule has 0 atom stereocenters. The lowest BCUT2D eigenvalue weighted by Gasteiger charge is -2.04. The number of esters is 1. The highest BCUT2D eigenvalue weighted by Crippen LogP contribution is 2.30. The van der Waals surface area contributed by atoms with Crippen LogP contribution >= 0.6 is 11.3 Å². The maximum atomic E-state index is 11.0. The van der Waals surface area contributed by atoms with Gasteiger partial charge in [-0.3, -0.25) is 13.2 Å². The summed E-state index contributed by atoms with van der Waals surface area (Å²) < 4.78 is 32.6. The Morgan fingerprint density at radius 1 is 1.20 bits per heavy atom. The van der Waals surface area contributed by atoms with Crippen molar-refractivity contribution >= 4 is 38.5 Å². The van der Waals surface area contributed by atoms with Crippen LogP contribution in [0.1, 0.15) is 12.5 Å². The molecule has 2 aromatic rings. The summed E-state index contributed by atoms with van der Waals surface area (Å²) >= 11 is 1.39. The van der Waals surface area contributed by atoms with E-state index in [0.29, 0.717) is 16.6 Å². The number of azo groups is 1. The molecule has 0 fully saturated rings. The first-order chi connectivity index (χ1) is 11.8. The third-order valence-corrected chi connectivity index (χ3v) is 3.91. The third kappa shape index (κ3) is 7.94. The fourth-order valence-electron chi connectivity index (χ4n) is 1.38. The van der Waals surface area contributed by atoms with Crippen molar-refractivity contribution in [3.8, 4) is 5.75 Å². The molecular formula is C14H17N3O6S2. The summed E-state index contributed by atoms with van der Waals surface area (Å²) in [5.41, 5.74) is 1.53. The number of carbonyl (C=O) groups excluding carboxylic acids is 1. The predicted molar refractivity (Wildman–Crippen MR) is 91.7 cm³/mol. The van der Waals surface area contributed by atoms with Crippen molar-refractivity contribution in [3.05, 3.63) is 35.3 Å². The quantitative estimate of drug-likeness (QED) is 0.439. The molecule has 25 heavy (non-hydrogen) atoms. The summed E-state index contributed by atoms with van der Waals surface area (Å²) in [7, 11) is -1.60. The van der Waals surface area contributed by atoms with Crippen LogP contribution in [-0.2, 0) is 23.6 Å². The minimum Gasteiger partial charge on any atom is -0.424 e. The van der Waals surface area contributed by atoms with E-state index in [1.54, 1.807) is 18.3 Å². The molecule has 0 spiro atoms. The van der Waals surface area contributed by atoms with E-state index in [2.05, 4.69) is 23.6 Å². The minimum atomic E-state index is -3.66. The Bertz CT molecular complexity index is 809. The van der Waals surface area contributed by atoms with E-state index in [4.69, 9.17) is 4.74 Å². The van der Waals surface area contributed by atoms with Crippen LogP contribution in [0, 0.1) is 6.92 Å². The van der Waals surface area contributed by atoms with Crippen molar-refractivity contribution in [2.45, 2.75) is 13.8 Å². The molecule has 0 aliphatic carbocycles. The van der Waals surface area contributed by atoms with Gasteiger partial charge in [-0.1, -0.05) is 6.07 Å². The topological polar surface area (TPSA) is 117 Å². The summed E-state index contributed by atoms with van der Waals surface area (Å²) in [4.78, 5) is 15.0. The number of rotatable bonds is 5. The largest absolute Gasteiger partial charge is 0.424 e. The highest BCUT2D eigenvalue weighted by Gasteiger charge is 2.06. The number of nitrogens with zero attached hydrogens (tertiary/aromatic N) is 3. The Kier molecular flexibility index (Phi) is 8.28. The second-order valence-electron chi connectivity index (χ2n) is 4.32. The number of carbonyl (C=O) groups is 1. The van der Waals surface area contributed by atoms with Gasteiger partial charge in [-0.15, -0.1) is 21.6 Å². The van der Waals surface area contributed by atoms with Gasteiger partial charge in [-0.25, -0.2) is 4.98 Å². The van der Waals surface area contributed by atoms with E-state index >= 15 is 0 Å². The summed E-state index contributed by atoms with van der Waals surface area (Å²) in [6.07, 6.45) is 1.66. The smallest absolute Gasteiger partial charge is 0.399 e. The number of benzene rings is 1. The summed E-state index contributed by atoms with van der Waals surface area (Å²) in [6, 6.07) is 5.35. The number of thiazole rings is 1. The van der Waals surface area contributed by atoms with Gasteiger partial charge in [0.05, 0.1) is 14.2 Å². The highest BCUT2D eigenvalue weighted by molar-refractivity contribution is 7.81. The van der Waals surface area contributed by atoms with E-state index in [1.807, 2.05) is 18.4 Å². The second-order valence-corrected chi connectivity index (χ2v) is 6.68. The molecule has 0 saturated heterocycles. The number of hydrogen-bond acceptors (Lipinski definition) is 10. The lowest BCUT2D eigenvalue weighted by Crippen LogP contribution is -2.02. The van der Waals surface area contributed by atoms with E-state index in [-0.39, 0.29) is 5.97 Å². The first-order valence-electron chi connectivity index (χ1n) is 6.74. The third-order valence-electron chi connectivity index (χ3n) is 2.44. The molecule has 0 aliphatic heterocycles. The Balaban J connectivity index is 0.000000381. The Morgan fingerprint density at radius 2 is 1.88 bits per heavy atom. The Morgan fingerprint density at radius 3 is 2.36 bits per heavy atom. The van der Waals surface area contributed by atoms with Gasteiger partial charge in [-0.05, 0) is 24.6 Å². The predicted octanol–water partition coefficient (Wildman–Crippen LogP) is 3.32. The number of aromatic nitrogens is 1. The van der Waals surface area contributed by atoms with E-state index < -0.39 is 10.4 Å². The molecule has 0 bridgehead atoms. The van der Waals surface area contributed by atoms with Gasteiger partial charge in [-0.2, -0.15) is 8.42 Å². The van der Waals surface area contributed by atoms with Gasteiger partial charge in [0.2, 0.25) is 5.13 Å². The lowest BCUT2D eigenvalue weighted by molar-refractivity contribution is -0.131. The molecule has 136 valence electrons. The van der Waals surface area contributed by atoms with Gasteiger partial charge in [0.25, 0.3) is 0 Å². The van der Waals surface area contributed by atoms with E-state index in [9.17, 15) is 13.2 Å². The lowest BCUT2D eigenvalue weighted by atomic mass is 10.2. The summed E-state index contributed by atoms with van der Waals surface area (Å²) in [5.74, 6) is 0.0120. The molecule has 1 aromatic carbocycles. The zero-order chi connectivity index (χ0) is 18.9. The minimum absolute atomic E-state index is 0.385. The van der Waals surface area contributed by atoms with Crippen LogP contribution in [0.4, 0.5) is 10.8 Å². The molecule has 11 heteroatoms.